The minimum absolute atomic E-state index is 0.350. The summed E-state index contributed by atoms with van der Waals surface area (Å²) in [5, 5.41) is 7.11. The molecule has 2 aliphatic rings. The van der Waals surface area contributed by atoms with Crippen molar-refractivity contribution in [2.75, 3.05) is 43.2 Å². The van der Waals surface area contributed by atoms with Gasteiger partial charge in [-0.1, -0.05) is 0 Å². The van der Waals surface area contributed by atoms with Crippen molar-refractivity contribution < 1.29 is 4.74 Å². The third-order valence-electron chi connectivity index (χ3n) is 2.92. The van der Waals surface area contributed by atoms with Crippen LogP contribution in [0.25, 0.3) is 0 Å². The van der Waals surface area contributed by atoms with Gasteiger partial charge in [-0.25, -0.2) is 0 Å². The van der Waals surface area contributed by atoms with Crippen LogP contribution < -0.4 is 10.6 Å². The van der Waals surface area contributed by atoms with E-state index in [0.717, 1.165) is 13.1 Å². The second-order valence-corrected chi connectivity index (χ2v) is 6.35. The molecule has 0 radical (unpaired) electrons. The molecule has 15 heavy (non-hydrogen) atoms. The quantitative estimate of drug-likeness (QED) is 0.756. The lowest BCUT2D eigenvalue weighted by Crippen LogP contribution is -2.47. The molecule has 2 fully saturated rings. The standard InChI is InChI=1S/C10H20N2OS2/c1-13-10-5-11-4-9(10)12-8-6-14-2-3-15-7-8/h8-12H,2-7H2,1H3. The summed E-state index contributed by atoms with van der Waals surface area (Å²) in [7, 11) is 1.81. The summed E-state index contributed by atoms with van der Waals surface area (Å²) in [4.78, 5) is 0. The fourth-order valence-electron chi connectivity index (χ4n) is 2.08. The van der Waals surface area contributed by atoms with Crippen molar-refractivity contribution in [3.63, 3.8) is 0 Å². The highest BCUT2D eigenvalue weighted by atomic mass is 32.2. The summed E-state index contributed by atoms with van der Waals surface area (Å²) >= 11 is 4.14. The van der Waals surface area contributed by atoms with Gasteiger partial charge in [0.1, 0.15) is 0 Å². The Labute approximate surface area is 100 Å². The first-order valence-corrected chi connectivity index (χ1v) is 7.86. The van der Waals surface area contributed by atoms with Crippen LogP contribution in [0.1, 0.15) is 0 Å². The lowest BCUT2D eigenvalue weighted by Gasteiger charge is -2.24. The SMILES string of the molecule is COC1CNCC1NC1CSCCSC1. The van der Waals surface area contributed by atoms with Gasteiger partial charge in [0, 0.05) is 55.3 Å². The number of nitrogens with one attached hydrogen (secondary N) is 2. The first-order chi connectivity index (χ1) is 7.40. The second kappa shape index (κ2) is 6.35. The minimum Gasteiger partial charge on any atom is -0.378 e. The first kappa shape index (κ1) is 12.0. The van der Waals surface area contributed by atoms with Gasteiger partial charge in [-0.05, 0) is 0 Å². The van der Waals surface area contributed by atoms with E-state index in [1.807, 2.05) is 7.11 Å². The van der Waals surface area contributed by atoms with Crippen LogP contribution in [0.3, 0.4) is 0 Å². The van der Waals surface area contributed by atoms with E-state index in [1.54, 1.807) is 0 Å². The van der Waals surface area contributed by atoms with E-state index in [2.05, 4.69) is 34.2 Å². The summed E-state index contributed by atoms with van der Waals surface area (Å²) in [5.74, 6) is 5.11. The monoisotopic (exact) mass is 248 g/mol. The van der Waals surface area contributed by atoms with Gasteiger partial charge >= 0.3 is 0 Å². The van der Waals surface area contributed by atoms with Crippen molar-refractivity contribution in [1.82, 2.24) is 10.6 Å². The zero-order valence-corrected chi connectivity index (χ0v) is 10.8. The van der Waals surface area contributed by atoms with Crippen LogP contribution in [0.15, 0.2) is 0 Å². The predicted molar refractivity (Wildman–Crippen MR) is 69.0 cm³/mol. The molecule has 0 saturated carbocycles. The van der Waals surface area contributed by atoms with Crippen molar-refractivity contribution >= 4 is 23.5 Å². The molecule has 0 amide bonds. The summed E-state index contributed by atoms with van der Waals surface area (Å²) in [5.41, 5.74) is 0. The molecule has 0 aromatic heterocycles. The number of hydrogen-bond donors (Lipinski definition) is 2. The maximum atomic E-state index is 5.46. The fourth-order valence-corrected chi connectivity index (χ4v) is 4.51. The van der Waals surface area contributed by atoms with Crippen LogP contribution in [0, 0.1) is 0 Å². The number of ether oxygens (including phenoxy) is 1. The predicted octanol–water partition coefficient (Wildman–Crippen LogP) is 0.411. The highest BCUT2D eigenvalue weighted by Gasteiger charge is 2.28. The Morgan fingerprint density at radius 2 is 1.93 bits per heavy atom. The highest BCUT2D eigenvalue weighted by Crippen LogP contribution is 2.17. The van der Waals surface area contributed by atoms with Crippen LogP contribution >= 0.6 is 23.5 Å². The Balaban J connectivity index is 1.78. The van der Waals surface area contributed by atoms with E-state index in [-0.39, 0.29) is 0 Å². The molecule has 88 valence electrons. The van der Waals surface area contributed by atoms with E-state index in [9.17, 15) is 0 Å². The van der Waals surface area contributed by atoms with E-state index >= 15 is 0 Å². The maximum absolute atomic E-state index is 5.46. The van der Waals surface area contributed by atoms with Gasteiger partial charge in [0.05, 0.1) is 6.10 Å². The number of hydrogen-bond acceptors (Lipinski definition) is 5. The van der Waals surface area contributed by atoms with Gasteiger partial charge in [0.15, 0.2) is 0 Å². The summed E-state index contributed by atoms with van der Waals surface area (Å²) in [6.07, 6.45) is 0.350. The van der Waals surface area contributed by atoms with E-state index in [0.29, 0.717) is 18.2 Å². The topological polar surface area (TPSA) is 33.3 Å². The third kappa shape index (κ3) is 3.53. The van der Waals surface area contributed by atoms with Crippen LogP contribution in [0.4, 0.5) is 0 Å². The molecule has 0 aliphatic carbocycles. The Kier molecular flexibility index (Phi) is 5.10. The average molecular weight is 248 g/mol. The summed E-state index contributed by atoms with van der Waals surface area (Å²) in [6.45, 7) is 2.03. The molecule has 3 nitrogen and oxygen atoms in total. The molecule has 0 bridgehead atoms. The molecule has 2 N–H and O–H groups in total. The number of thioether (sulfide) groups is 2. The number of methoxy groups -OCH3 is 1. The molecule has 5 heteroatoms. The Morgan fingerprint density at radius 1 is 1.20 bits per heavy atom. The summed E-state index contributed by atoms with van der Waals surface area (Å²) in [6, 6.07) is 1.16. The van der Waals surface area contributed by atoms with Gasteiger partial charge in [-0.15, -0.1) is 0 Å². The Morgan fingerprint density at radius 3 is 2.60 bits per heavy atom. The average Bonchev–Trinajstić information content (AvgIpc) is 2.53. The van der Waals surface area contributed by atoms with Crippen molar-refractivity contribution in [3.8, 4) is 0 Å². The molecule has 2 unspecified atom stereocenters. The minimum atomic E-state index is 0.350. The van der Waals surface area contributed by atoms with Crippen molar-refractivity contribution in [2.45, 2.75) is 18.2 Å². The van der Waals surface area contributed by atoms with Crippen molar-refractivity contribution in [2.24, 2.45) is 0 Å². The molecule has 2 heterocycles. The summed E-state index contributed by atoms with van der Waals surface area (Å²) < 4.78 is 5.46. The van der Waals surface area contributed by atoms with Gasteiger partial charge < -0.3 is 15.4 Å². The van der Waals surface area contributed by atoms with E-state index in [4.69, 9.17) is 4.74 Å². The van der Waals surface area contributed by atoms with Gasteiger partial charge in [0.2, 0.25) is 0 Å². The van der Waals surface area contributed by atoms with Gasteiger partial charge in [0.25, 0.3) is 0 Å². The van der Waals surface area contributed by atoms with Gasteiger partial charge in [-0.3, -0.25) is 0 Å². The Bertz CT molecular complexity index is 186. The van der Waals surface area contributed by atoms with Crippen LogP contribution in [-0.2, 0) is 4.74 Å². The van der Waals surface area contributed by atoms with Crippen LogP contribution in [0.2, 0.25) is 0 Å². The molecule has 0 spiro atoms. The first-order valence-electron chi connectivity index (χ1n) is 5.55. The fraction of sp³-hybridized carbons (Fsp3) is 1.00. The zero-order valence-electron chi connectivity index (χ0n) is 9.20. The lowest BCUT2D eigenvalue weighted by molar-refractivity contribution is 0.0942. The zero-order chi connectivity index (χ0) is 10.5. The third-order valence-corrected chi connectivity index (χ3v) is 5.44. The molecule has 0 aromatic rings. The number of rotatable bonds is 3. The van der Waals surface area contributed by atoms with Gasteiger partial charge in [-0.2, -0.15) is 23.5 Å². The normalized spacial score (nSPS) is 34.2. The maximum Gasteiger partial charge on any atom is 0.0860 e. The smallest absolute Gasteiger partial charge is 0.0860 e. The molecule has 2 atom stereocenters. The van der Waals surface area contributed by atoms with E-state index in [1.165, 1.54) is 23.0 Å². The Hall–Kier alpha value is 0.580. The van der Waals surface area contributed by atoms with Crippen LogP contribution in [0.5, 0.6) is 0 Å². The molecule has 2 saturated heterocycles. The lowest BCUT2D eigenvalue weighted by atomic mass is 10.2. The van der Waals surface area contributed by atoms with Crippen molar-refractivity contribution in [1.29, 1.82) is 0 Å². The molecule has 0 aromatic carbocycles. The highest BCUT2D eigenvalue weighted by molar-refractivity contribution is 8.03. The largest absolute Gasteiger partial charge is 0.378 e. The molecular weight excluding hydrogens is 228 g/mol. The molecular formula is C10H20N2OS2. The van der Waals surface area contributed by atoms with E-state index < -0.39 is 0 Å². The second-order valence-electron chi connectivity index (χ2n) is 4.05. The van der Waals surface area contributed by atoms with Crippen molar-refractivity contribution in [3.05, 3.63) is 0 Å². The van der Waals surface area contributed by atoms with Crippen LogP contribution in [-0.4, -0.2) is 61.4 Å². The molecule has 2 aliphatic heterocycles. The molecule has 2 rings (SSSR count).